The highest BCUT2D eigenvalue weighted by Gasteiger charge is 2.09. The minimum atomic E-state index is -0.223. The molecule has 0 bridgehead atoms. The molecule has 0 unspecified atom stereocenters. The van der Waals surface area contributed by atoms with Crippen molar-refractivity contribution in [2.45, 2.75) is 20.4 Å². The van der Waals surface area contributed by atoms with Gasteiger partial charge in [0.2, 0.25) is 4.77 Å². The van der Waals surface area contributed by atoms with Crippen LogP contribution in [0.5, 0.6) is 0 Å². The number of hydrogen-bond acceptors (Lipinski definition) is 4. The average molecular weight is 326 g/mol. The van der Waals surface area contributed by atoms with E-state index in [1.54, 1.807) is 30.7 Å². The van der Waals surface area contributed by atoms with Crippen LogP contribution in [0.2, 0.25) is 5.02 Å². The fraction of sp³-hybridized carbons (Fsp3) is 0.357. The molecule has 0 fully saturated rings. The van der Waals surface area contributed by atoms with Crippen molar-refractivity contribution in [1.82, 2.24) is 14.8 Å². The molecule has 0 saturated heterocycles. The van der Waals surface area contributed by atoms with Gasteiger partial charge >= 0.3 is 5.97 Å². The summed E-state index contributed by atoms with van der Waals surface area (Å²) in [7, 11) is 0. The summed E-state index contributed by atoms with van der Waals surface area (Å²) in [5.74, 6) is 0.301. The molecule has 0 saturated carbocycles. The molecule has 1 N–H and O–H groups in total. The first-order valence-corrected chi connectivity index (χ1v) is 7.35. The van der Waals surface area contributed by atoms with E-state index in [4.69, 9.17) is 28.6 Å². The monoisotopic (exact) mass is 325 g/mol. The number of halogens is 1. The SMILES string of the molecule is CC(C)C(=O)OCCn1[nH]c(-c2ccc(Cl)cc2)nc1=S. The first kappa shape index (κ1) is 15.7. The van der Waals surface area contributed by atoms with Crippen LogP contribution in [-0.4, -0.2) is 27.3 Å². The number of nitrogens with one attached hydrogen (secondary N) is 1. The molecule has 0 aliphatic carbocycles. The van der Waals surface area contributed by atoms with Gasteiger partial charge in [-0.15, -0.1) is 0 Å². The van der Waals surface area contributed by atoms with Crippen LogP contribution in [-0.2, 0) is 16.1 Å². The molecular weight excluding hydrogens is 310 g/mol. The fourth-order valence-electron chi connectivity index (χ4n) is 1.65. The fourth-order valence-corrected chi connectivity index (χ4v) is 2.00. The molecule has 0 amide bonds. The van der Waals surface area contributed by atoms with Crippen LogP contribution in [0.4, 0.5) is 0 Å². The number of aromatic amines is 1. The number of rotatable bonds is 5. The van der Waals surface area contributed by atoms with E-state index in [0.29, 0.717) is 22.2 Å². The lowest BCUT2D eigenvalue weighted by molar-refractivity contribution is -0.147. The Bertz CT molecular complexity index is 676. The van der Waals surface area contributed by atoms with E-state index in [1.165, 1.54) is 0 Å². The predicted octanol–water partition coefficient (Wildman–Crippen LogP) is 3.46. The topological polar surface area (TPSA) is 59.9 Å². The Morgan fingerprint density at radius 1 is 1.43 bits per heavy atom. The summed E-state index contributed by atoms with van der Waals surface area (Å²) in [4.78, 5) is 15.7. The van der Waals surface area contributed by atoms with Crippen LogP contribution in [0.15, 0.2) is 24.3 Å². The highest BCUT2D eigenvalue weighted by Crippen LogP contribution is 2.17. The van der Waals surface area contributed by atoms with Gasteiger partial charge < -0.3 is 4.74 Å². The number of carbonyl (C=O) groups is 1. The third kappa shape index (κ3) is 4.15. The van der Waals surface area contributed by atoms with Crippen LogP contribution in [0.1, 0.15) is 13.8 Å². The summed E-state index contributed by atoms with van der Waals surface area (Å²) in [5, 5.41) is 3.75. The van der Waals surface area contributed by atoms with Gasteiger partial charge in [-0.05, 0) is 36.5 Å². The Labute approximate surface area is 132 Å². The summed E-state index contributed by atoms with van der Waals surface area (Å²) in [6.45, 7) is 4.29. The molecule has 0 radical (unpaired) electrons. The largest absolute Gasteiger partial charge is 0.464 e. The Balaban J connectivity index is 2.04. The van der Waals surface area contributed by atoms with Crippen molar-refractivity contribution in [2.24, 2.45) is 5.92 Å². The van der Waals surface area contributed by atoms with Crippen molar-refractivity contribution >= 4 is 29.8 Å². The number of nitrogens with zero attached hydrogens (tertiary/aromatic N) is 2. The molecular formula is C14H16ClN3O2S. The van der Waals surface area contributed by atoms with Crippen molar-refractivity contribution < 1.29 is 9.53 Å². The second-order valence-electron chi connectivity index (χ2n) is 4.84. The molecule has 2 rings (SSSR count). The Kier molecular flexibility index (Phi) is 5.14. The molecule has 1 heterocycles. The van der Waals surface area contributed by atoms with Crippen molar-refractivity contribution in [1.29, 1.82) is 0 Å². The zero-order valence-corrected chi connectivity index (χ0v) is 13.4. The van der Waals surface area contributed by atoms with Crippen molar-refractivity contribution in [3.63, 3.8) is 0 Å². The maximum absolute atomic E-state index is 11.4. The van der Waals surface area contributed by atoms with Crippen molar-refractivity contribution in [3.8, 4) is 11.4 Å². The van der Waals surface area contributed by atoms with E-state index in [1.807, 2.05) is 12.1 Å². The molecule has 2 aromatic rings. The van der Waals surface area contributed by atoms with Crippen LogP contribution >= 0.6 is 23.8 Å². The van der Waals surface area contributed by atoms with E-state index in [2.05, 4.69) is 10.1 Å². The maximum Gasteiger partial charge on any atom is 0.308 e. The first-order chi connectivity index (χ1) is 9.97. The van der Waals surface area contributed by atoms with Gasteiger partial charge in [0.15, 0.2) is 5.82 Å². The van der Waals surface area contributed by atoms with Crippen LogP contribution < -0.4 is 0 Å². The summed E-state index contributed by atoms with van der Waals surface area (Å²) >= 11 is 11.0. The van der Waals surface area contributed by atoms with E-state index >= 15 is 0 Å². The maximum atomic E-state index is 11.4. The lowest BCUT2D eigenvalue weighted by Gasteiger charge is -2.07. The third-order valence-corrected chi connectivity index (χ3v) is 3.39. The van der Waals surface area contributed by atoms with E-state index < -0.39 is 0 Å². The average Bonchev–Trinajstić information content (AvgIpc) is 2.81. The molecule has 1 aromatic heterocycles. The van der Waals surface area contributed by atoms with Crippen LogP contribution in [0.3, 0.4) is 0 Å². The second-order valence-corrected chi connectivity index (χ2v) is 5.64. The molecule has 112 valence electrons. The molecule has 0 aliphatic heterocycles. The zero-order chi connectivity index (χ0) is 15.4. The number of H-pyrrole nitrogens is 1. The Hall–Kier alpha value is -1.66. The Morgan fingerprint density at radius 2 is 2.10 bits per heavy atom. The van der Waals surface area contributed by atoms with E-state index in [-0.39, 0.29) is 18.5 Å². The number of benzene rings is 1. The molecule has 0 atom stereocenters. The lowest BCUT2D eigenvalue weighted by Crippen LogP contribution is -2.16. The second kappa shape index (κ2) is 6.87. The van der Waals surface area contributed by atoms with Gasteiger partial charge in [-0.2, -0.15) is 4.98 Å². The molecule has 5 nitrogen and oxygen atoms in total. The normalized spacial score (nSPS) is 10.9. The summed E-state index contributed by atoms with van der Waals surface area (Å²) in [6.07, 6.45) is 0. The number of aromatic nitrogens is 3. The molecule has 7 heteroatoms. The lowest BCUT2D eigenvalue weighted by atomic mass is 10.2. The summed E-state index contributed by atoms with van der Waals surface area (Å²) in [6, 6.07) is 7.30. The van der Waals surface area contributed by atoms with Gasteiger partial charge in [0, 0.05) is 10.6 Å². The van der Waals surface area contributed by atoms with Gasteiger partial charge in [0.1, 0.15) is 6.61 Å². The number of ether oxygens (including phenoxy) is 1. The molecule has 21 heavy (non-hydrogen) atoms. The van der Waals surface area contributed by atoms with Crippen LogP contribution in [0.25, 0.3) is 11.4 Å². The minimum absolute atomic E-state index is 0.135. The highest BCUT2D eigenvalue weighted by atomic mass is 35.5. The standard InChI is InChI=1S/C14H16ClN3O2S/c1-9(2)13(19)20-8-7-18-14(21)16-12(17-18)10-3-5-11(15)6-4-10/h3-6,9H,7-8H2,1-2H3,(H,16,17,21). The highest BCUT2D eigenvalue weighted by molar-refractivity contribution is 7.71. The summed E-state index contributed by atoms with van der Waals surface area (Å²) < 4.78 is 7.21. The molecule has 1 aromatic carbocycles. The summed E-state index contributed by atoms with van der Waals surface area (Å²) in [5.41, 5.74) is 0.892. The number of esters is 1. The smallest absolute Gasteiger partial charge is 0.308 e. The number of carbonyl (C=O) groups excluding carboxylic acids is 1. The first-order valence-electron chi connectivity index (χ1n) is 6.57. The van der Waals surface area contributed by atoms with Gasteiger partial charge in [-0.3, -0.25) is 14.6 Å². The quantitative estimate of drug-likeness (QED) is 0.675. The van der Waals surface area contributed by atoms with E-state index in [0.717, 1.165) is 5.56 Å². The van der Waals surface area contributed by atoms with Crippen LogP contribution in [0, 0.1) is 10.7 Å². The zero-order valence-electron chi connectivity index (χ0n) is 11.8. The van der Waals surface area contributed by atoms with Crippen molar-refractivity contribution in [2.75, 3.05) is 6.61 Å². The van der Waals surface area contributed by atoms with E-state index in [9.17, 15) is 4.79 Å². The Morgan fingerprint density at radius 3 is 2.71 bits per heavy atom. The molecule has 0 spiro atoms. The van der Waals surface area contributed by atoms with Gasteiger partial charge in [0.05, 0.1) is 12.5 Å². The minimum Gasteiger partial charge on any atom is -0.464 e. The molecule has 0 aliphatic rings. The third-order valence-electron chi connectivity index (χ3n) is 2.83. The van der Waals surface area contributed by atoms with Gasteiger partial charge in [-0.1, -0.05) is 25.4 Å². The van der Waals surface area contributed by atoms with Gasteiger partial charge in [0.25, 0.3) is 0 Å². The van der Waals surface area contributed by atoms with Gasteiger partial charge in [-0.25, -0.2) is 0 Å². The van der Waals surface area contributed by atoms with Crippen molar-refractivity contribution in [3.05, 3.63) is 34.1 Å². The number of hydrogen-bond donors (Lipinski definition) is 1. The predicted molar refractivity (Wildman–Crippen MR) is 83.7 cm³/mol.